The minimum absolute atomic E-state index is 0.193. The molecular formula is C23H27N3O5S2. The van der Waals surface area contributed by atoms with E-state index in [1.54, 1.807) is 14.2 Å². The standard InChI is InChI=1S/C23H27N3O5S2/c1-4-13-26-20-18(30-2)11-12-19(31-3)21(20)32-23(26)24-22(27)16-7-9-17(10-8-16)33(28,29)25-14-5-6-15-25/h7-12H,4-6,13-15H2,1-3H3. The van der Waals surface area contributed by atoms with Gasteiger partial charge < -0.3 is 14.0 Å². The first-order valence-corrected chi connectivity index (χ1v) is 13.1. The number of aryl methyl sites for hydroxylation is 1. The molecule has 0 saturated carbocycles. The Hall–Kier alpha value is -2.69. The molecule has 0 bridgehead atoms. The van der Waals surface area contributed by atoms with Gasteiger partial charge in [0.2, 0.25) is 10.0 Å². The number of carbonyl (C=O) groups excluding carboxylic acids is 1. The molecule has 1 aliphatic rings. The van der Waals surface area contributed by atoms with Crippen LogP contribution in [0, 0.1) is 0 Å². The fraction of sp³-hybridized carbons (Fsp3) is 0.391. The monoisotopic (exact) mass is 489 g/mol. The van der Waals surface area contributed by atoms with Gasteiger partial charge >= 0.3 is 0 Å². The molecule has 0 N–H and O–H groups in total. The van der Waals surface area contributed by atoms with E-state index >= 15 is 0 Å². The van der Waals surface area contributed by atoms with Crippen LogP contribution >= 0.6 is 11.3 Å². The Balaban J connectivity index is 1.74. The van der Waals surface area contributed by atoms with Gasteiger partial charge in [-0.1, -0.05) is 18.3 Å². The number of methoxy groups -OCH3 is 2. The highest BCUT2D eigenvalue weighted by Gasteiger charge is 2.27. The number of ether oxygens (including phenoxy) is 2. The lowest BCUT2D eigenvalue weighted by Crippen LogP contribution is -2.27. The molecule has 0 spiro atoms. The van der Waals surface area contributed by atoms with E-state index in [0.717, 1.165) is 29.5 Å². The Kier molecular flexibility index (Phi) is 6.87. The van der Waals surface area contributed by atoms with Crippen LogP contribution in [0.5, 0.6) is 11.5 Å². The second kappa shape index (κ2) is 9.66. The molecule has 176 valence electrons. The van der Waals surface area contributed by atoms with E-state index in [1.807, 2.05) is 23.6 Å². The third-order valence-corrected chi connectivity index (χ3v) is 8.65. The zero-order chi connectivity index (χ0) is 23.6. The molecule has 10 heteroatoms. The van der Waals surface area contributed by atoms with Gasteiger partial charge in [-0.15, -0.1) is 0 Å². The molecule has 1 aromatic heterocycles. The number of hydrogen-bond acceptors (Lipinski definition) is 6. The number of benzene rings is 2. The highest BCUT2D eigenvalue weighted by Crippen LogP contribution is 2.35. The average Bonchev–Trinajstić information content (AvgIpc) is 3.49. The molecule has 3 aromatic rings. The predicted octanol–water partition coefficient (Wildman–Crippen LogP) is 3.66. The summed E-state index contributed by atoms with van der Waals surface area (Å²) in [5.41, 5.74) is 1.16. The topological polar surface area (TPSA) is 90.2 Å². The van der Waals surface area contributed by atoms with Gasteiger partial charge in [0, 0.05) is 25.2 Å². The van der Waals surface area contributed by atoms with E-state index in [9.17, 15) is 13.2 Å². The summed E-state index contributed by atoms with van der Waals surface area (Å²) in [6.07, 6.45) is 2.59. The zero-order valence-electron chi connectivity index (χ0n) is 18.9. The summed E-state index contributed by atoms with van der Waals surface area (Å²) in [7, 11) is -0.317. The molecule has 1 aliphatic heterocycles. The molecular weight excluding hydrogens is 462 g/mol. The Labute approximate surface area is 197 Å². The van der Waals surface area contributed by atoms with Crippen LogP contribution in [0.3, 0.4) is 0 Å². The van der Waals surface area contributed by atoms with E-state index in [1.165, 1.54) is 39.9 Å². The summed E-state index contributed by atoms with van der Waals surface area (Å²) in [5.74, 6) is 0.932. The van der Waals surface area contributed by atoms with Gasteiger partial charge in [-0.2, -0.15) is 9.30 Å². The second-order valence-corrected chi connectivity index (χ2v) is 10.7. The summed E-state index contributed by atoms with van der Waals surface area (Å²) < 4.78 is 40.8. The Morgan fingerprint density at radius 2 is 1.67 bits per heavy atom. The molecule has 1 fully saturated rings. The van der Waals surface area contributed by atoms with Crippen molar-refractivity contribution in [3.8, 4) is 11.5 Å². The van der Waals surface area contributed by atoms with Crippen LogP contribution in [0.15, 0.2) is 46.3 Å². The maximum atomic E-state index is 13.0. The first-order chi connectivity index (χ1) is 15.9. The third-order valence-electron chi connectivity index (χ3n) is 5.64. The van der Waals surface area contributed by atoms with Gasteiger partial charge in [0.1, 0.15) is 21.7 Å². The Morgan fingerprint density at radius 3 is 2.27 bits per heavy atom. The normalized spacial score (nSPS) is 15.3. The highest BCUT2D eigenvalue weighted by atomic mass is 32.2. The molecule has 0 radical (unpaired) electrons. The zero-order valence-corrected chi connectivity index (χ0v) is 20.5. The van der Waals surface area contributed by atoms with E-state index in [2.05, 4.69) is 4.99 Å². The largest absolute Gasteiger partial charge is 0.495 e. The van der Waals surface area contributed by atoms with Crippen molar-refractivity contribution >= 4 is 37.5 Å². The number of fused-ring (bicyclic) bond motifs is 1. The van der Waals surface area contributed by atoms with Gasteiger partial charge in [-0.25, -0.2) is 8.42 Å². The smallest absolute Gasteiger partial charge is 0.279 e. The van der Waals surface area contributed by atoms with Crippen molar-refractivity contribution in [3.63, 3.8) is 0 Å². The Morgan fingerprint density at radius 1 is 1.03 bits per heavy atom. The minimum atomic E-state index is -3.53. The van der Waals surface area contributed by atoms with Crippen molar-refractivity contribution in [1.82, 2.24) is 8.87 Å². The fourth-order valence-electron chi connectivity index (χ4n) is 3.97. The number of nitrogens with zero attached hydrogens (tertiary/aromatic N) is 3. The molecule has 0 aliphatic carbocycles. The average molecular weight is 490 g/mol. The fourth-order valence-corrected chi connectivity index (χ4v) is 6.65. The SMILES string of the molecule is CCCn1c(=NC(=O)c2ccc(S(=O)(=O)N3CCCC3)cc2)sc2c(OC)ccc(OC)c21. The van der Waals surface area contributed by atoms with E-state index in [-0.39, 0.29) is 4.90 Å². The van der Waals surface area contributed by atoms with Crippen LogP contribution < -0.4 is 14.3 Å². The van der Waals surface area contributed by atoms with E-state index in [0.29, 0.717) is 41.5 Å². The van der Waals surface area contributed by atoms with Crippen LogP contribution in [0.4, 0.5) is 0 Å². The molecule has 33 heavy (non-hydrogen) atoms. The van der Waals surface area contributed by atoms with Crippen LogP contribution in [-0.4, -0.2) is 50.5 Å². The predicted molar refractivity (Wildman–Crippen MR) is 128 cm³/mol. The number of thiazole rings is 1. The number of sulfonamides is 1. The van der Waals surface area contributed by atoms with Crippen molar-refractivity contribution in [3.05, 3.63) is 46.8 Å². The van der Waals surface area contributed by atoms with Crippen LogP contribution in [0.2, 0.25) is 0 Å². The molecule has 4 rings (SSSR count). The van der Waals surface area contributed by atoms with Crippen molar-refractivity contribution in [2.75, 3.05) is 27.3 Å². The summed E-state index contributed by atoms with van der Waals surface area (Å²) in [6.45, 7) is 3.78. The number of amides is 1. The molecule has 1 saturated heterocycles. The number of rotatable bonds is 7. The summed E-state index contributed by atoms with van der Waals surface area (Å²) in [5, 5.41) is 0. The van der Waals surface area contributed by atoms with Crippen molar-refractivity contribution in [2.24, 2.45) is 4.99 Å². The highest BCUT2D eigenvalue weighted by molar-refractivity contribution is 7.89. The second-order valence-electron chi connectivity index (χ2n) is 7.74. The van der Waals surface area contributed by atoms with Crippen molar-refractivity contribution in [2.45, 2.75) is 37.6 Å². The van der Waals surface area contributed by atoms with Gasteiger partial charge in [0.25, 0.3) is 5.91 Å². The Bertz CT molecular complexity index is 1330. The summed E-state index contributed by atoms with van der Waals surface area (Å²) in [4.78, 5) is 18.1. The van der Waals surface area contributed by atoms with Gasteiger partial charge in [-0.3, -0.25) is 4.79 Å². The number of carbonyl (C=O) groups is 1. The van der Waals surface area contributed by atoms with Crippen LogP contribution in [0.25, 0.3) is 10.2 Å². The summed E-state index contributed by atoms with van der Waals surface area (Å²) >= 11 is 1.36. The lowest BCUT2D eigenvalue weighted by atomic mass is 10.2. The van der Waals surface area contributed by atoms with Crippen LogP contribution in [0.1, 0.15) is 36.5 Å². The van der Waals surface area contributed by atoms with E-state index in [4.69, 9.17) is 9.47 Å². The third kappa shape index (κ3) is 4.42. The number of hydrogen-bond donors (Lipinski definition) is 0. The summed E-state index contributed by atoms with van der Waals surface area (Å²) in [6, 6.07) is 9.67. The molecule has 8 nitrogen and oxygen atoms in total. The lowest BCUT2D eigenvalue weighted by molar-refractivity contribution is 0.0997. The number of aromatic nitrogens is 1. The van der Waals surface area contributed by atoms with Gasteiger partial charge in [0.15, 0.2) is 4.80 Å². The minimum Gasteiger partial charge on any atom is -0.495 e. The van der Waals surface area contributed by atoms with Crippen molar-refractivity contribution in [1.29, 1.82) is 0 Å². The molecule has 2 aromatic carbocycles. The molecule has 1 amide bonds. The van der Waals surface area contributed by atoms with Gasteiger partial charge in [0.05, 0.1) is 19.1 Å². The molecule has 0 unspecified atom stereocenters. The maximum Gasteiger partial charge on any atom is 0.279 e. The first-order valence-electron chi connectivity index (χ1n) is 10.8. The van der Waals surface area contributed by atoms with E-state index < -0.39 is 15.9 Å². The lowest BCUT2D eigenvalue weighted by Gasteiger charge is -2.15. The van der Waals surface area contributed by atoms with Gasteiger partial charge in [-0.05, 0) is 55.7 Å². The first kappa shape index (κ1) is 23.5. The van der Waals surface area contributed by atoms with Crippen molar-refractivity contribution < 1.29 is 22.7 Å². The van der Waals surface area contributed by atoms with Crippen LogP contribution in [-0.2, 0) is 16.6 Å². The molecule has 2 heterocycles. The quantitative estimate of drug-likeness (QED) is 0.505. The molecule has 0 atom stereocenters. The maximum absolute atomic E-state index is 13.0.